The molecular formula is C29H19N5O. The summed E-state index contributed by atoms with van der Waals surface area (Å²) < 4.78 is 8.23. The number of rotatable bonds is 1. The lowest BCUT2D eigenvalue weighted by atomic mass is 9.92. The number of nitrogens with zero attached hydrogens (tertiary/aromatic N) is 5. The van der Waals surface area contributed by atoms with E-state index in [1.807, 2.05) is 80.1 Å². The van der Waals surface area contributed by atoms with Gasteiger partial charge in [0.2, 0.25) is 0 Å². The number of aryl methyl sites for hydroxylation is 1. The quantitative estimate of drug-likeness (QED) is 0.326. The molecule has 6 nitrogen and oxygen atoms in total. The summed E-state index contributed by atoms with van der Waals surface area (Å²) >= 11 is 0. The van der Waals surface area contributed by atoms with Crippen molar-refractivity contribution in [1.29, 1.82) is 10.5 Å². The number of fused-ring (bicyclic) bond motifs is 6. The van der Waals surface area contributed by atoms with Gasteiger partial charge < -0.3 is 9.30 Å². The summed E-state index contributed by atoms with van der Waals surface area (Å²) in [6.45, 7) is 2.23. The molecule has 6 heteroatoms. The monoisotopic (exact) mass is 453 g/mol. The fraction of sp³-hybridized carbons (Fsp3) is 0.103. The van der Waals surface area contributed by atoms with Crippen molar-refractivity contribution < 1.29 is 4.74 Å². The summed E-state index contributed by atoms with van der Waals surface area (Å²) in [5, 5.41) is 20.3. The summed E-state index contributed by atoms with van der Waals surface area (Å²) in [5.41, 5.74) is 7.37. The molecule has 0 fully saturated rings. The second kappa shape index (κ2) is 8.13. The highest BCUT2D eigenvalue weighted by Crippen LogP contribution is 2.36. The topological polar surface area (TPSA) is 87.5 Å². The average Bonchev–Trinajstić information content (AvgIpc) is 3.32. The first kappa shape index (κ1) is 20.7. The molecule has 1 aliphatic heterocycles. The molecule has 0 amide bonds. The number of hydrogen-bond acceptors (Lipinski definition) is 5. The Labute approximate surface area is 202 Å². The van der Waals surface area contributed by atoms with Crippen LogP contribution in [0.2, 0.25) is 0 Å². The minimum absolute atomic E-state index is 0.167. The van der Waals surface area contributed by atoms with E-state index in [1.165, 1.54) is 0 Å². The van der Waals surface area contributed by atoms with Gasteiger partial charge in [-0.15, -0.1) is 0 Å². The van der Waals surface area contributed by atoms with E-state index in [2.05, 4.69) is 32.7 Å². The first-order chi connectivity index (χ1) is 17.1. The van der Waals surface area contributed by atoms with Crippen LogP contribution in [0.1, 0.15) is 39.7 Å². The second-order valence-corrected chi connectivity index (χ2v) is 8.65. The number of imidazole rings is 1. The standard InChI is InChI=1S/C29H19N5O/c1-18-15-34(17-32-18)29-20-5-6-22(13-30)23(9-20)16-35-25-4-2-3-19(10-25)26-12-24(14-31)33-28-8-7-21(29)11-27(26)28/h2-12,15,17,29H,16H2,1H3/t29-/m1/s1. The van der Waals surface area contributed by atoms with Crippen molar-refractivity contribution in [2.75, 3.05) is 0 Å². The van der Waals surface area contributed by atoms with Gasteiger partial charge in [0.05, 0.1) is 35.2 Å². The number of hydrogen-bond donors (Lipinski definition) is 0. The molecule has 2 aromatic heterocycles. The predicted molar refractivity (Wildman–Crippen MR) is 132 cm³/mol. The van der Waals surface area contributed by atoms with Gasteiger partial charge in [-0.3, -0.25) is 0 Å². The van der Waals surface area contributed by atoms with Crippen LogP contribution in [0.25, 0.3) is 22.0 Å². The zero-order chi connectivity index (χ0) is 23.9. The smallest absolute Gasteiger partial charge is 0.141 e. The Kier molecular flexibility index (Phi) is 4.80. The highest BCUT2D eigenvalue weighted by Gasteiger charge is 2.21. The molecule has 0 saturated heterocycles. The van der Waals surface area contributed by atoms with Gasteiger partial charge in [0.25, 0.3) is 0 Å². The van der Waals surface area contributed by atoms with Gasteiger partial charge in [0.15, 0.2) is 0 Å². The molecule has 35 heavy (non-hydrogen) atoms. The van der Waals surface area contributed by atoms with Crippen LogP contribution < -0.4 is 4.74 Å². The summed E-state index contributed by atoms with van der Waals surface area (Å²) in [4.78, 5) is 9.02. The van der Waals surface area contributed by atoms with Crippen molar-refractivity contribution in [3.8, 4) is 29.0 Å². The van der Waals surface area contributed by atoms with Crippen LogP contribution in [-0.4, -0.2) is 14.5 Å². The minimum Gasteiger partial charge on any atom is -0.489 e. The van der Waals surface area contributed by atoms with Crippen LogP contribution >= 0.6 is 0 Å². The van der Waals surface area contributed by atoms with Crippen LogP contribution in [0.4, 0.5) is 0 Å². The summed E-state index contributed by atoms with van der Waals surface area (Å²) in [6.07, 6.45) is 3.85. The van der Waals surface area contributed by atoms with Gasteiger partial charge in [0, 0.05) is 17.1 Å². The van der Waals surface area contributed by atoms with Crippen molar-refractivity contribution >= 4 is 10.9 Å². The van der Waals surface area contributed by atoms with Crippen molar-refractivity contribution in [2.24, 2.45) is 0 Å². The maximum atomic E-state index is 9.72. The van der Waals surface area contributed by atoms with E-state index in [1.54, 1.807) is 0 Å². The number of ether oxygens (including phenoxy) is 1. The van der Waals surface area contributed by atoms with E-state index in [4.69, 9.17) is 4.74 Å². The van der Waals surface area contributed by atoms with Crippen LogP contribution in [0.15, 0.2) is 79.3 Å². The molecule has 6 rings (SSSR count). The molecule has 3 aromatic carbocycles. The van der Waals surface area contributed by atoms with Crippen molar-refractivity contribution in [1.82, 2.24) is 14.5 Å². The van der Waals surface area contributed by atoms with Gasteiger partial charge in [-0.05, 0) is 71.6 Å². The third-order valence-corrected chi connectivity index (χ3v) is 6.40. The molecule has 1 aliphatic rings. The van der Waals surface area contributed by atoms with Crippen molar-refractivity contribution in [3.63, 3.8) is 0 Å². The first-order valence-electron chi connectivity index (χ1n) is 11.2. The predicted octanol–water partition coefficient (Wildman–Crippen LogP) is 5.68. The number of benzene rings is 3. The summed E-state index contributed by atoms with van der Waals surface area (Å²) in [7, 11) is 0. The lowest BCUT2D eigenvalue weighted by molar-refractivity contribution is 0.306. The molecule has 6 bridgehead atoms. The number of pyridine rings is 1. The highest BCUT2D eigenvalue weighted by molar-refractivity contribution is 5.95. The molecule has 0 spiro atoms. The van der Waals surface area contributed by atoms with Crippen molar-refractivity contribution in [2.45, 2.75) is 19.6 Å². The Hall–Kier alpha value is -4.94. The van der Waals surface area contributed by atoms with Gasteiger partial charge in [-0.2, -0.15) is 10.5 Å². The van der Waals surface area contributed by atoms with Crippen LogP contribution in [-0.2, 0) is 6.61 Å². The average molecular weight is 454 g/mol. The van der Waals surface area contributed by atoms with Crippen LogP contribution in [0.3, 0.4) is 0 Å². The van der Waals surface area contributed by atoms with E-state index in [-0.39, 0.29) is 12.6 Å². The number of nitriles is 2. The lowest BCUT2D eigenvalue weighted by Crippen LogP contribution is -2.12. The third-order valence-electron chi connectivity index (χ3n) is 6.40. The zero-order valence-electron chi connectivity index (χ0n) is 18.9. The fourth-order valence-corrected chi connectivity index (χ4v) is 4.75. The van der Waals surface area contributed by atoms with E-state index >= 15 is 0 Å². The van der Waals surface area contributed by atoms with Gasteiger partial charge in [0.1, 0.15) is 24.1 Å². The molecule has 166 valence electrons. The zero-order valence-corrected chi connectivity index (χ0v) is 18.9. The molecule has 0 radical (unpaired) electrons. The normalized spacial score (nSPS) is 14.2. The van der Waals surface area contributed by atoms with E-state index in [0.29, 0.717) is 17.0 Å². The minimum atomic E-state index is -0.167. The van der Waals surface area contributed by atoms with Gasteiger partial charge in [-0.25, -0.2) is 9.97 Å². The van der Waals surface area contributed by atoms with E-state index in [0.717, 1.165) is 44.4 Å². The summed E-state index contributed by atoms with van der Waals surface area (Å²) in [6, 6.07) is 26.0. The molecular weight excluding hydrogens is 434 g/mol. The molecule has 5 aromatic rings. The Morgan fingerprint density at radius 1 is 0.971 bits per heavy atom. The van der Waals surface area contributed by atoms with E-state index < -0.39 is 0 Å². The van der Waals surface area contributed by atoms with E-state index in [9.17, 15) is 10.5 Å². The molecule has 1 atom stereocenters. The Balaban J connectivity index is 1.69. The fourth-order valence-electron chi connectivity index (χ4n) is 4.75. The maximum Gasteiger partial charge on any atom is 0.141 e. The Bertz CT molecular complexity index is 1700. The van der Waals surface area contributed by atoms with Crippen LogP contribution in [0.5, 0.6) is 5.75 Å². The SMILES string of the molecule is Cc1cn([C@@H]2c3ccc(C#N)c(c3)COc3cccc(c3)-c3cc(C#N)nc4ccc2cc34)cn1. The Morgan fingerprint density at radius 2 is 1.83 bits per heavy atom. The lowest BCUT2D eigenvalue weighted by Gasteiger charge is -2.21. The maximum absolute atomic E-state index is 9.72. The molecule has 0 N–H and O–H groups in total. The molecule has 0 saturated carbocycles. The molecule has 0 aliphatic carbocycles. The third kappa shape index (κ3) is 3.58. The Morgan fingerprint density at radius 3 is 2.63 bits per heavy atom. The van der Waals surface area contributed by atoms with Crippen LogP contribution in [0, 0.1) is 29.6 Å². The highest BCUT2D eigenvalue weighted by atomic mass is 16.5. The number of aromatic nitrogens is 3. The molecule has 3 heterocycles. The second-order valence-electron chi connectivity index (χ2n) is 8.65. The molecule has 0 unspecified atom stereocenters. The van der Waals surface area contributed by atoms with Crippen molar-refractivity contribution in [3.05, 3.63) is 113 Å². The van der Waals surface area contributed by atoms with Gasteiger partial charge in [-0.1, -0.05) is 24.3 Å². The summed E-state index contributed by atoms with van der Waals surface area (Å²) in [5.74, 6) is 0.692. The largest absolute Gasteiger partial charge is 0.489 e. The van der Waals surface area contributed by atoms with Gasteiger partial charge >= 0.3 is 0 Å². The first-order valence-corrected chi connectivity index (χ1v) is 11.2.